The van der Waals surface area contributed by atoms with Gasteiger partial charge in [0, 0.05) is 42.8 Å². The van der Waals surface area contributed by atoms with Gasteiger partial charge in [-0.1, -0.05) is 48.7 Å². The summed E-state index contributed by atoms with van der Waals surface area (Å²) in [5, 5.41) is 11.1. The second kappa shape index (κ2) is 15.0. The maximum Gasteiger partial charge on any atom is 0.307 e. The number of allylic oxidation sites excluding steroid dienone is 1. The van der Waals surface area contributed by atoms with E-state index in [9.17, 15) is 28.3 Å². The molecule has 1 aliphatic heterocycles. The lowest BCUT2D eigenvalue weighted by molar-refractivity contribution is -0.153. The van der Waals surface area contributed by atoms with E-state index >= 15 is 0 Å². The number of halogens is 3. The fourth-order valence-corrected chi connectivity index (χ4v) is 6.75. The number of nitrogens with zero attached hydrogens (tertiary/aromatic N) is 3. The Labute approximate surface area is 266 Å². The van der Waals surface area contributed by atoms with Gasteiger partial charge in [-0.15, -0.1) is 0 Å². The monoisotopic (exact) mass is 647 g/mol. The van der Waals surface area contributed by atoms with Crippen molar-refractivity contribution in [1.82, 2.24) is 14.8 Å². The van der Waals surface area contributed by atoms with Gasteiger partial charge in [0.05, 0.1) is 23.6 Å². The van der Waals surface area contributed by atoms with Crippen LogP contribution in [0.4, 0.5) is 8.78 Å². The lowest BCUT2D eigenvalue weighted by Crippen LogP contribution is -2.49. The van der Waals surface area contributed by atoms with Gasteiger partial charge in [0.1, 0.15) is 24.3 Å². The number of ether oxygens (including phenoxy) is 1. The summed E-state index contributed by atoms with van der Waals surface area (Å²) in [5.41, 5.74) is 7.85. The number of hydrogen-bond donors (Lipinski definition) is 3. The van der Waals surface area contributed by atoms with Crippen LogP contribution in [0, 0.1) is 11.8 Å². The fraction of sp³-hybridized carbons (Fsp3) is 0.469. The molecule has 3 atom stereocenters. The van der Waals surface area contributed by atoms with Crippen LogP contribution >= 0.6 is 11.6 Å². The van der Waals surface area contributed by atoms with Crippen LogP contribution in [-0.4, -0.2) is 78.3 Å². The first kappa shape index (κ1) is 34.1. The number of aldehydes is 1. The summed E-state index contributed by atoms with van der Waals surface area (Å²) >= 11 is 6.68. The molecule has 3 unspecified atom stereocenters. The highest BCUT2D eigenvalue weighted by Crippen LogP contribution is 2.43. The van der Waals surface area contributed by atoms with E-state index in [1.807, 2.05) is 24.1 Å². The predicted molar refractivity (Wildman–Crippen MR) is 166 cm³/mol. The molecule has 0 bridgehead atoms. The molecule has 1 heterocycles. The quantitative estimate of drug-likeness (QED) is 0.175. The number of amides is 1. The second-order valence-electron chi connectivity index (χ2n) is 11.7. The van der Waals surface area contributed by atoms with Crippen LogP contribution in [0.1, 0.15) is 58.8 Å². The molecule has 0 radical (unpaired) electrons. The van der Waals surface area contributed by atoms with Crippen molar-refractivity contribution in [1.29, 1.82) is 0 Å². The summed E-state index contributed by atoms with van der Waals surface area (Å²) in [6.07, 6.45) is 0.645. The van der Waals surface area contributed by atoms with Crippen LogP contribution in [0.3, 0.4) is 0 Å². The first-order chi connectivity index (χ1) is 21.4. The van der Waals surface area contributed by atoms with Gasteiger partial charge in [-0.05, 0) is 49.6 Å². The molecule has 45 heavy (non-hydrogen) atoms. The van der Waals surface area contributed by atoms with Crippen molar-refractivity contribution in [2.75, 3.05) is 33.8 Å². The van der Waals surface area contributed by atoms with Gasteiger partial charge >= 0.3 is 5.97 Å². The molecule has 2 aromatic carbocycles. The van der Waals surface area contributed by atoms with Crippen LogP contribution < -0.4 is 16.3 Å². The molecule has 2 aromatic rings. The van der Waals surface area contributed by atoms with Gasteiger partial charge in [-0.25, -0.2) is 14.6 Å². The second-order valence-corrected chi connectivity index (χ2v) is 12.1. The highest BCUT2D eigenvalue weighted by molar-refractivity contribution is 6.31. The maximum absolute atomic E-state index is 14.2. The van der Waals surface area contributed by atoms with E-state index in [0.29, 0.717) is 54.3 Å². The Morgan fingerprint density at radius 3 is 2.49 bits per heavy atom. The number of benzene rings is 2. The Morgan fingerprint density at radius 1 is 1.16 bits per heavy atom. The van der Waals surface area contributed by atoms with Crippen molar-refractivity contribution in [3.05, 3.63) is 75.1 Å². The summed E-state index contributed by atoms with van der Waals surface area (Å²) in [7, 11) is 3.11. The van der Waals surface area contributed by atoms with Crippen molar-refractivity contribution in [2.45, 2.75) is 51.1 Å². The molecular formula is C32H40ClF2N5O5. The molecule has 0 spiro atoms. The molecule has 2 aliphatic rings. The Bertz CT molecular complexity index is 1430. The third kappa shape index (κ3) is 7.74. The van der Waals surface area contributed by atoms with E-state index in [2.05, 4.69) is 0 Å². The molecule has 1 saturated carbocycles. The van der Waals surface area contributed by atoms with Crippen LogP contribution in [0.15, 0.2) is 47.8 Å². The summed E-state index contributed by atoms with van der Waals surface area (Å²) < 4.78 is 33.3. The molecule has 5 N–H and O–H groups in total. The normalized spacial score (nSPS) is 20.4. The molecule has 1 amide bonds. The lowest BCUT2D eigenvalue weighted by atomic mass is 9.77. The van der Waals surface area contributed by atoms with E-state index in [1.165, 1.54) is 7.05 Å². The SMILES string of the molecule is CN(Cc1ccccc1C=O)CC1c2c(OC/C(N)=C(\C(F)F)N(C)N)ccc(Cl)c2CCN1C(=O)C1CCCCC1C(=O)O. The van der Waals surface area contributed by atoms with E-state index in [1.54, 1.807) is 29.2 Å². The number of fused-ring (bicyclic) bond motifs is 1. The van der Waals surface area contributed by atoms with Gasteiger partial charge < -0.3 is 25.5 Å². The number of hydrazine groups is 1. The Morgan fingerprint density at radius 2 is 1.84 bits per heavy atom. The first-order valence-electron chi connectivity index (χ1n) is 14.9. The number of nitrogens with two attached hydrogens (primary N) is 2. The third-order valence-corrected chi connectivity index (χ3v) is 9.02. The van der Waals surface area contributed by atoms with Gasteiger partial charge in [0.15, 0.2) is 0 Å². The van der Waals surface area contributed by atoms with E-state index in [4.69, 9.17) is 27.9 Å². The molecule has 1 fully saturated rings. The smallest absolute Gasteiger partial charge is 0.307 e. The lowest BCUT2D eigenvalue weighted by Gasteiger charge is -2.43. The Kier molecular flexibility index (Phi) is 11.4. The Hall–Kier alpha value is -3.74. The van der Waals surface area contributed by atoms with Crippen LogP contribution in [0.5, 0.6) is 5.75 Å². The third-order valence-electron chi connectivity index (χ3n) is 8.66. The fourth-order valence-electron chi connectivity index (χ4n) is 6.49. The average molecular weight is 648 g/mol. The molecule has 244 valence electrons. The molecule has 10 nitrogen and oxygen atoms in total. The number of hydrogen-bond acceptors (Lipinski definition) is 8. The number of carboxylic acids is 1. The summed E-state index contributed by atoms with van der Waals surface area (Å²) in [6, 6.07) is 9.84. The number of carbonyl (C=O) groups is 3. The zero-order valence-electron chi connectivity index (χ0n) is 25.4. The molecule has 1 aliphatic carbocycles. The summed E-state index contributed by atoms with van der Waals surface area (Å²) in [4.78, 5) is 41.7. The summed E-state index contributed by atoms with van der Waals surface area (Å²) in [6.45, 7) is 0.572. The first-order valence-corrected chi connectivity index (χ1v) is 15.3. The average Bonchev–Trinajstić information content (AvgIpc) is 3.00. The van der Waals surface area contributed by atoms with Gasteiger partial charge in [0.2, 0.25) is 5.91 Å². The molecule has 4 rings (SSSR count). The van der Waals surface area contributed by atoms with Crippen molar-refractivity contribution < 1.29 is 33.0 Å². The highest BCUT2D eigenvalue weighted by atomic mass is 35.5. The number of aliphatic carboxylic acids is 1. The number of alkyl halides is 2. The van der Waals surface area contributed by atoms with Crippen LogP contribution in [0.2, 0.25) is 5.02 Å². The minimum Gasteiger partial charge on any atom is -0.487 e. The van der Waals surface area contributed by atoms with Gasteiger partial charge in [0.25, 0.3) is 6.43 Å². The molecule has 13 heteroatoms. The largest absolute Gasteiger partial charge is 0.487 e. The topological polar surface area (TPSA) is 142 Å². The minimum absolute atomic E-state index is 0.255. The van der Waals surface area contributed by atoms with E-state index in [0.717, 1.165) is 35.3 Å². The van der Waals surface area contributed by atoms with Gasteiger partial charge in [-0.2, -0.15) is 0 Å². The van der Waals surface area contributed by atoms with Crippen LogP contribution in [-0.2, 0) is 22.6 Å². The predicted octanol–water partition coefficient (Wildman–Crippen LogP) is 4.22. The number of rotatable bonds is 12. The van der Waals surface area contributed by atoms with Crippen molar-refractivity contribution >= 4 is 29.8 Å². The Balaban J connectivity index is 1.75. The maximum atomic E-state index is 14.2. The standard InChI is InChI=1S/C32H40ClF2N5O5/c1-38(15-19-7-3-4-8-20(19)17-41)16-26-28-23(13-14-40(26)31(42)21-9-5-6-10-22(21)32(43)44)24(33)11-12-27(28)45-18-25(36)29(30(34)35)39(2)37/h3-4,7-8,11-12,17,21-22,26,30H,5-6,9-10,13-16,18,36-37H2,1-2H3,(H,43,44)/b29-25-. The number of carbonyl (C=O) groups excluding carboxylic acids is 2. The van der Waals surface area contributed by atoms with E-state index < -0.39 is 42.6 Å². The zero-order valence-corrected chi connectivity index (χ0v) is 26.2. The minimum atomic E-state index is -2.93. The van der Waals surface area contributed by atoms with Crippen molar-refractivity contribution in [3.63, 3.8) is 0 Å². The molecule has 0 aromatic heterocycles. The number of likely N-dealkylation sites (N-methyl/N-ethyl adjacent to an activating group) is 1. The van der Waals surface area contributed by atoms with Crippen LogP contribution in [0.25, 0.3) is 0 Å². The van der Waals surface area contributed by atoms with Crippen molar-refractivity contribution in [2.24, 2.45) is 23.4 Å². The number of carboxylic acid groups (broad SMARTS) is 1. The van der Waals surface area contributed by atoms with Crippen molar-refractivity contribution in [3.8, 4) is 5.75 Å². The van der Waals surface area contributed by atoms with Gasteiger partial charge in [-0.3, -0.25) is 19.3 Å². The zero-order chi connectivity index (χ0) is 32.8. The molecule has 0 saturated heterocycles. The highest BCUT2D eigenvalue weighted by Gasteiger charge is 2.42. The summed E-state index contributed by atoms with van der Waals surface area (Å²) in [5.74, 6) is 3.18. The molecular weight excluding hydrogens is 608 g/mol. The van der Waals surface area contributed by atoms with E-state index in [-0.39, 0.29) is 18.1 Å².